The van der Waals surface area contributed by atoms with E-state index in [-0.39, 0.29) is 17.7 Å². The maximum Gasteiger partial charge on any atom is 0.229 e. The summed E-state index contributed by atoms with van der Waals surface area (Å²) in [5.41, 5.74) is 0.833. The summed E-state index contributed by atoms with van der Waals surface area (Å²) in [5.74, 6) is 2.01. The molecule has 20 heavy (non-hydrogen) atoms. The van der Waals surface area contributed by atoms with Crippen molar-refractivity contribution in [3.05, 3.63) is 42.0 Å². The highest BCUT2D eigenvalue weighted by molar-refractivity contribution is 5.95. The molecule has 0 spiro atoms. The minimum Gasteiger partial charge on any atom is -0.493 e. The lowest BCUT2D eigenvalue weighted by molar-refractivity contribution is -0.117. The molecule has 2 aromatic heterocycles. The summed E-state index contributed by atoms with van der Waals surface area (Å²) in [6.45, 7) is 1.87. The second-order valence-electron chi connectivity index (χ2n) is 4.96. The number of amides is 1. The number of anilines is 1. The number of nitrogens with one attached hydrogen (secondary N) is 1. The van der Waals surface area contributed by atoms with Gasteiger partial charge in [0.25, 0.3) is 0 Å². The molecule has 1 aliphatic carbocycles. The van der Waals surface area contributed by atoms with Crippen molar-refractivity contribution in [1.29, 1.82) is 0 Å². The van der Waals surface area contributed by atoms with Crippen molar-refractivity contribution in [3.8, 4) is 5.75 Å². The van der Waals surface area contributed by atoms with Gasteiger partial charge >= 0.3 is 0 Å². The van der Waals surface area contributed by atoms with Crippen LogP contribution in [0.25, 0.3) is 0 Å². The Labute approximate surface area is 117 Å². The fraction of sp³-hybridized carbons (Fsp3) is 0.333. The number of nitrogens with zero attached hydrogens (tertiary/aromatic N) is 1. The number of pyridine rings is 1. The van der Waals surface area contributed by atoms with E-state index in [0.29, 0.717) is 11.6 Å². The molecule has 2 aromatic rings. The lowest BCUT2D eigenvalue weighted by Gasteiger charge is -2.09. The Morgan fingerprint density at radius 2 is 2.30 bits per heavy atom. The molecule has 1 aliphatic rings. The maximum absolute atomic E-state index is 12.2. The SMILES string of the molecule is COc1ccc(C)nc1NC(=O)[C@H]1C[C@H]1c1ccco1. The summed E-state index contributed by atoms with van der Waals surface area (Å²) < 4.78 is 10.5. The van der Waals surface area contributed by atoms with Crippen molar-refractivity contribution in [1.82, 2.24) is 4.98 Å². The van der Waals surface area contributed by atoms with Crippen LogP contribution in [0.1, 0.15) is 23.8 Å². The first-order chi connectivity index (χ1) is 9.69. The van der Waals surface area contributed by atoms with Crippen LogP contribution in [0.15, 0.2) is 34.9 Å². The monoisotopic (exact) mass is 272 g/mol. The molecule has 5 heteroatoms. The molecule has 0 aromatic carbocycles. The Balaban J connectivity index is 1.70. The summed E-state index contributed by atoms with van der Waals surface area (Å²) in [7, 11) is 1.56. The van der Waals surface area contributed by atoms with Crippen molar-refractivity contribution >= 4 is 11.7 Å². The van der Waals surface area contributed by atoms with E-state index >= 15 is 0 Å². The highest BCUT2D eigenvalue weighted by Gasteiger charge is 2.46. The van der Waals surface area contributed by atoms with Gasteiger partial charge in [0.15, 0.2) is 11.6 Å². The molecule has 1 amide bonds. The van der Waals surface area contributed by atoms with Crippen molar-refractivity contribution in [2.24, 2.45) is 5.92 Å². The van der Waals surface area contributed by atoms with E-state index in [9.17, 15) is 4.79 Å². The summed E-state index contributed by atoms with van der Waals surface area (Å²) in [6, 6.07) is 7.39. The van der Waals surface area contributed by atoms with Crippen LogP contribution in [0.5, 0.6) is 5.75 Å². The molecule has 0 unspecified atom stereocenters. The van der Waals surface area contributed by atoms with Crippen LogP contribution < -0.4 is 10.1 Å². The molecule has 104 valence electrons. The molecule has 2 atom stereocenters. The number of hydrogen-bond donors (Lipinski definition) is 1. The van der Waals surface area contributed by atoms with E-state index in [1.165, 1.54) is 0 Å². The third-order valence-corrected chi connectivity index (χ3v) is 3.49. The van der Waals surface area contributed by atoms with Crippen LogP contribution in [-0.2, 0) is 4.79 Å². The van der Waals surface area contributed by atoms with Gasteiger partial charge in [-0.3, -0.25) is 4.79 Å². The van der Waals surface area contributed by atoms with Crippen LogP contribution >= 0.6 is 0 Å². The fourth-order valence-corrected chi connectivity index (χ4v) is 2.31. The minimum atomic E-state index is -0.0480. The third kappa shape index (κ3) is 2.39. The molecular formula is C15H16N2O3. The number of methoxy groups -OCH3 is 1. The van der Waals surface area contributed by atoms with Gasteiger partial charge in [-0.25, -0.2) is 4.98 Å². The van der Waals surface area contributed by atoms with Crippen LogP contribution in [-0.4, -0.2) is 18.0 Å². The highest BCUT2D eigenvalue weighted by Crippen LogP contribution is 2.48. The van der Waals surface area contributed by atoms with E-state index in [1.54, 1.807) is 19.4 Å². The van der Waals surface area contributed by atoms with Gasteiger partial charge in [-0.2, -0.15) is 0 Å². The fourth-order valence-electron chi connectivity index (χ4n) is 2.31. The molecule has 0 bridgehead atoms. The van der Waals surface area contributed by atoms with Crippen LogP contribution in [0, 0.1) is 12.8 Å². The molecule has 0 aliphatic heterocycles. The van der Waals surface area contributed by atoms with Gasteiger partial charge in [0.05, 0.1) is 13.4 Å². The minimum absolute atomic E-state index is 0.0391. The van der Waals surface area contributed by atoms with Gasteiger partial charge in [-0.15, -0.1) is 0 Å². The Morgan fingerprint density at radius 3 is 3.00 bits per heavy atom. The number of aryl methyl sites for hydroxylation is 1. The van der Waals surface area contributed by atoms with Gasteiger partial charge in [0.2, 0.25) is 5.91 Å². The number of furan rings is 1. The van der Waals surface area contributed by atoms with E-state index < -0.39 is 0 Å². The zero-order valence-electron chi connectivity index (χ0n) is 11.4. The Bertz CT molecular complexity index is 622. The number of aromatic nitrogens is 1. The third-order valence-electron chi connectivity index (χ3n) is 3.49. The topological polar surface area (TPSA) is 64.4 Å². The quantitative estimate of drug-likeness (QED) is 0.929. The van der Waals surface area contributed by atoms with Crippen molar-refractivity contribution in [2.75, 3.05) is 12.4 Å². The van der Waals surface area contributed by atoms with Gasteiger partial charge in [-0.05, 0) is 37.6 Å². The molecule has 3 rings (SSSR count). The van der Waals surface area contributed by atoms with Gasteiger partial charge in [-0.1, -0.05) is 0 Å². The van der Waals surface area contributed by atoms with E-state index in [1.807, 2.05) is 25.1 Å². The predicted molar refractivity (Wildman–Crippen MR) is 73.7 cm³/mol. The largest absolute Gasteiger partial charge is 0.493 e. The van der Waals surface area contributed by atoms with Crippen molar-refractivity contribution < 1.29 is 13.9 Å². The summed E-state index contributed by atoms with van der Waals surface area (Å²) in [6.07, 6.45) is 2.45. The smallest absolute Gasteiger partial charge is 0.229 e. The van der Waals surface area contributed by atoms with Gasteiger partial charge in [0, 0.05) is 17.5 Å². The predicted octanol–water partition coefficient (Wildman–Crippen LogP) is 2.73. The van der Waals surface area contributed by atoms with Crippen LogP contribution in [0.4, 0.5) is 5.82 Å². The second-order valence-corrected chi connectivity index (χ2v) is 4.96. The molecule has 2 heterocycles. The number of ether oxygens (including phenoxy) is 1. The van der Waals surface area contributed by atoms with Gasteiger partial charge in [0.1, 0.15) is 5.76 Å². The van der Waals surface area contributed by atoms with E-state index in [4.69, 9.17) is 9.15 Å². The number of rotatable bonds is 4. The zero-order valence-corrected chi connectivity index (χ0v) is 11.4. The number of carbonyl (C=O) groups is 1. The van der Waals surface area contributed by atoms with Gasteiger partial charge < -0.3 is 14.5 Å². The standard InChI is InChI=1S/C15H16N2O3/c1-9-5-6-13(19-2)14(16-9)17-15(18)11-8-10(11)12-4-3-7-20-12/h3-7,10-11H,8H2,1-2H3,(H,16,17,18)/t10-,11+/m1/s1. The Kier molecular flexibility index (Phi) is 3.18. The molecule has 1 saturated carbocycles. The number of carbonyl (C=O) groups excluding carboxylic acids is 1. The first kappa shape index (κ1) is 12.7. The van der Waals surface area contributed by atoms with E-state index in [0.717, 1.165) is 17.9 Å². The molecule has 5 nitrogen and oxygen atoms in total. The van der Waals surface area contributed by atoms with Crippen molar-refractivity contribution in [3.63, 3.8) is 0 Å². The molecule has 1 N–H and O–H groups in total. The zero-order chi connectivity index (χ0) is 14.1. The summed E-state index contributed by atoms with van der Waals surface area (Å²) >= 11 is 0. The lowest BCUT2D eigenvalue weighted by Crippen LogP contribution is -2.16. The average Bonchev–Trinajstić information content (AvgIpc) is 3.05. The Hall–Kier alpha value is -2.30. The highest BCUT2D eigenvalue weighted by atomic mass is 16.5. The normalized spacial score (nSPS) is 20.5. The maximum atomic E-state index is 12.2. The first-order valence-corrected chi connectivity index (χ1v) is 6.55. The molecular weight excluding hydrogens is 256 g/mol. The van der Waals surface area contributed by atoms with E-state index in [2.05, 4.69) is 10.3 Å². The first-order valence-electron chi connectivity index (χ1n) is 6.55. The Morgan fingerprint density at radius 1 is 1.45 bits per heavy atom. The number of hydrogen-bond acceptors (Lipinski definition) is 4. The van der Waals surface area contributed by atoms with Crippen LogP contribution in [0.3, 0.4) is 0 Å². The lowest BCUT2D eigenvalue weighted by atomic mass is 10.2. The summed E-state index contributed by atoms with van der Waals surface area (Å²) in [4.78, 5) is 16.5. The molecule has 0 saturated heterocycles. The molecule has 0 radical (unpaired) electrons. The van der Waals surface area contributed by atoms with Crippen molar-refractivity contribution in [2.45, 2.75) is 19.3 Å². The summed E-state index contributed by atoms with van der Waals surface area (Å²) in [5, 5.41) is 2.84. The average molecular weight is 272 g/mol. The van der Waals surface area contributed by atoms with Crippen LogP contribution in [0.2, 0.25) is 0 Å². The molecule has 1 fully saturated rings. The second kappa shape index (κ2) is 5.00.